The van der Waals surface area contributed by atoms with E-state index in [2.05, 4.69) is 9.84 Å². The minimum Gasteiger partial charge on any atom is -0.450 e. The normalized spacial score (nSPS) is 18.4. The lowest BCUT2D eigenvalue weighted by atomic mass is 9.58. The number of amides is 3. The summed E-state index contributed by atoms with van der Waals surface area (Å²) in [6, 6.07) is 9.60. The van der Waals surface area contributed by atoms with Crippen LogP contribution in [0.4, 0.5) is 18.0 Å². The quantitative estimate of drug-likeness (QED) is 0.376. The Labute approximate surface area is 224 Å². The summed E-state index contributed by atoms with van der Waals surface area (Å²) in [5.74, 6) is -2.18. The van der Waals surface area contributed by atoms with Gasteiger partial charge in [0.25, 0.3) is 5.91 Å². The topological polar surface area (TPSA) is 131 Å². The second-order valence-corrected chi connectivity index (χ2v) is 10.3. The molecule has 2 heterocycles. The number of nitrogens with two attached hydrogens (primary N) is 1. The van der Waals surface area contributed by atoms with Gasteiger partial charge in [0.05, 0.1) is 41.4 Å². The van der Waals surface area contributed by atoms with Crippen LogP contribution in [0.3, 0.4) is 0 Å². The Hall–Kier alpha value is -4.14. The van der Waals surface area contributed by atoms with Gasteiger partial charge in [0.15, 0.2) is 5.41 Å². The standard InChI is InChI=1S/C27H30F3N5O4/c1-17-21(20-12-13-33-35(20)19-10-8-18(16-31)9-11-19)22(36)34(14-6-5-7-15-39-24(32)38)23(37)26(17,25(2,3)4)27(28,29)30/h8-13H,5-7,14-15H2,1-4H3,(H2,32,38). The third-order valence-corrected chi connectivity index (χ3v) is 6.92. The van der Waals surface area contributed by atoms with Crippen molar-refractivity contribution in [2.45, 2.75) is 53.1 Å². The first kappa shape index (κ1) is 29.4. The van der Waals surface area contributed by atoms with E-state index in [1.165, 1.54) is 56.8 Å². The Balaban J connectivity index is 2.15. The summed E-state index contributed by atoms with van der Waals surface area (Å²) in [4.78, 5) is 38.9. The van der Waals surface area contributed by atoms with Gasteiger partial charge in [-0.05, 0) is 67.5 Å². The maximum absolute atomic E-state index is 15.1. The van der Waals surface area contributed by atoms with E-state index in [-0.39, 0.29) is 30.8 Å². The molecule has 2 aromatic rings. The molecule has 0 saturated carbocycles. The number of nitriles is 1. The molecule has 0 saturated heterocycles. The average molecular weight is 546 g/mol. The van der Waals surface area contributed by atoms with Gasteiger partial charge in [-0.15, -0.1) is 0 Å². The first-order chi connectivity index (χ1) is 18.2. The first-order valence-electron chi connectivity index (χ1n) is 12.3. The van der Waals surface area contributed by atoms with E-state index in [1.807, 2.05) is 6.07 Å². The van der Waals surface area contributed by atoms with Crippen molar-refractivity contribution >= 4 is 23.5 Å². The molecule has 1 aliphatic rings. The van der Waals surface area contributed by atoms with Crippen LogP contribution in [0.2, 0.25) is 0 Å². The van der Waals surface area contributed by atoms with E-state index in [0.717, 1.165) is 0 Å². The molecule has 0 fully saturated rings. The summed E-state index contributed by atoms with van der Waals surface area (Å²) in [5, 5.41) is 13.3. The van der Waals surface area contributed by atoms with Crippen molar-refractivity contribution in [1.82, 2.24) is 14.7 Å². The Bertz CT molecular complexity index is 1320. The highest BCUT2D eigenvalue weighted by Gasteiger charge is 2.71. The molecule has 9 nitrogen and oxygen atoms in total. The van der Waals surface area contributed by atoms with Gasteiger partial charge in [-0.25, -0.2) is 9.48 Å². The van der Waals surface area contributed by atoms with E-state index in [0.29, 0.717) is 29.0 Å². The Morgan fingerprint density at radius 1 is 1.10 bits per heavy atom. The van der Waals surface area contributed by atoms with Crippen LogP contribution in [0.15, 0.2) is 42.1 Å². The third-order valence-electron chi connectivity index (χ3n) is 6.92. The van der Waals surface area contributed by atoms with Crippen molar-refractivity contribution in [2.75, 3.05) is 13.2 Å². The van der Waals surface area contributed by atoms with E-state index in [9.17, 15) is 14.4 Å². The van der Waals surface area contributed by atoms with Crippen LogP contribution in [0.5, 0.6) is 0 Å². The number of imide groups is 1. The maximum atomic E-state index is 15.1. The van der Waals surface area contributed by atoms with Crippen molar-refractivity contribution in [2.24, 2.45) is 16.6 Å². The predicted molar refractivity (Wildman–Crippen MR) is 135 cm³/mol. The smallest absolute Gasteiger partial charge is 0.407 e. The molecule has 3 rings (SSSR count). The minimum atomic E-state index is -5.02. The Kier molecular flexibility index (Phi) is 8.24. The van der Waals surface area contributed by atoms with Gasteiger partial charge in [0.2, 0.25) is 5.91 Å². The molecule has 1 unspecified atom stereocenters. The predicted octanol–water partition coefficient (Wildman–Crippen LogP) is 4.75. The molecule has 0 bridgehead atoms. The van der Waals surface area contributed by atoms with E-state index >= 15 is 13.2 Å². The zero-order chi connectivity index (χ0) is 29.2. The van der Waals surface area contributed by atoms with Crippen LogP contribution in [-0.4, -0.2) is 51.9 Å². The van der Waals surface area contributed by atoms with Gasteiger partial charge in [0.1, 0.15) is 0 Å². The molecule has 1 aromatic carbocycles. The second kappa shape index (κ2) is 10.9. The van der Waals surface area contributed by atoms with E-state index in [4.69, 9.17) is 11.0 Å². The molecule has 12 heteroatoms. The lowest BCUT2D eigenvalue weighted by molar-refractivity contribution is -0.241. The number of primary amides is 1. The largest absolute Gasteiger partial charge is 0.450 e. The molecule has 208 valence electrons. The fraction of sp³-hybridized carbons (Fsp3) is 0.444. The van der Waals surface area contributed by atoms with Gasteiger partial charge < -0.3 is 10.5 Å². The zero-order valence-corrected chi connectivity index (χ0v) is 22.1. The number of ether oxygens (including phenoxy) is 1. The SMILES string of the molecule is CC1=C(c2ccnn2-c2ccc(C#N)cc2)C(=O)N(CCCCCOC(N)=O)C(=O)C1(C(C)(C)C)C(F)(F)F. The van der Waals surface area contributed by atoms with Gasteiger partial charge >= 0.3 is 12.3 Å². The highest BCUT2D eigenvalue weighted by Crippen LogP contribution is 2.60. The van der Waals surface area contributed by atoms with Crippen LogP contribution in [-0.2, 0) is 14.3 Å². The van der Waals surface area contributed by atoms with Crippen molar-refractivity contribution in [3.63, 3.8) is 0 Å². The molecule has 1 aliphatic heterocycles. The zero-order valence-electron chi connectivity index (χ0n) is 22.1. The molecule has 39 heavy (non-hydrogen) atoms. The lowest BCUT2D eigenvalue weighted by Gasteiger charge is -2.50. The number of alkyl halides is 3. The van der Waals surface area contributed by atoms with Crippen molar-refractivity contribution < 1.29 is 32.3 Å². The third kappa shape index (κ3) is 5.26. The number of rotatable bonds is 8. The van der Waals surface area contributed by atoms with Crippen LogP contribution in [0, 0.1) is 22.2 Å². The highest BCUT2D eigenvalue weighted by molar-refractivity contribution is 6.28. The first-order valence-corrected chi connectivity index (χ1v) is 12.3. The summed E-state index contributed by atoms with van der Waals surface area (Å²) in [7, 11) is 0. The number of aromatic nitrogens is 2. The second-order valence-electron chi connectivity index (χ2n) is 10.3. The molecular formula is C27H30F3N5O4. The van der Waals surface area contributed by atoms with Crippen molar-refractivity contribution in [3.05, 3.63) is 53.4 Å². The van der Waals surface area contributed by atoms with Crippen LogP contribution >= 0.6 is 0 Å². The number of unbranched alkanes of at least 4 members (excludes halogenated alkanes) is 2. The number of hydrogen-bond acceptors (Lipinski definition) is 6. The number of benzene rings is 1. The lowest BCUT2D eigenvalue weighted by Crippen LogP contribution is -2.63. The molecule has 0 spiro atoms. The molecule has 2 N–H and O–H groups in total. The summed E-state index contributed by atoms with van der Waals surface area (Å²) in [6.45, 7) is 4.91. The maximum Gasteiger partial charge on any atom is 0.407 e. The van der Waals surface area contributed by atoms with Gasteiger partial charge in [-0.3, -0.25) is 14.5 Å². The molecule has 1 aromatic heterocycles. The van der Waals surface area contributed by atoms with Gasteiger partial charge in [0, 0.05) is 6.54 Å². The molecule has 3 amide bonds. The van der Waals surface area contributed by atoms with Crippen molar-refractivity contribution in [3.8, 4) is 11.8 Å². The number of carbonyl (C=O) groups is 3. The van der Waals surface area contributed by atoms with E-state index < -0.39 is 40.5 Å². The summed E-state index contributed by atoms with van der Waals surface area (Å²) < 4.78 is 51.2. The van der Waals surface area contributed by atoms with Crippen molar-refractivity contribution in [1.29, 1.82) is 5.26 Å². The average Bonchev–Trinajstić information content (AvgIpc) is 3.30. The fourth-order valence-corrected chi connectivity index (χ4v) is 5.18. The summed E-state index contributed by atoms with van der Waals surface area (Å²) in [5.41, 5.74) is 0.509. The number of halogens is 3. The fourth-order valence-electron chi connectivity index (χ4n) is 5.18. The van der Waals surface area contributed by atoms with E-state index in [1.54, 1.807) is 12.1 Å². The van der Waals surface area contributed by atoms with Crippen LogP contribution < -0.4 is 5.73 Å². The number of carbonyl (C=O) groups excluding carboxylic acids is 3. The monoisotopic (exact) mass is 545 g/mol. The molecule has 1 atom stereocenters. The van der Waals surface area contributed by atoms with Gasteiger partial charge in [-0.1, -0.05) is 20.8 Å². The molecule has 0 aliphatic carbocycles. The van der Waals surface area contributed by atoms with Crippen LogP contribution in [0.25, 0.3) is 11.3 Å². The highest BCUT2D eigenvalue weighted by atomic mass is 19.4. The molecule has 0 radical (unpaired) electrons. The number of nitrogens with zero attached hydrogens (tertiary/aromatic N) is 4. The Morgan fingerprint density at radius 2 is 1.74 bits per heavy atom. The Morgan fingerprint density at radius 3 is 2.28 bits per heavy atom. The summed E-state index contributed by atoms with van der Waals surface area (Å²) in [6.07, 6.45) is -3.69. The minimum absolute atomic E-state index is 0.0136. The van der Waals surface area contributed by atoms with Gasteiger partial charge in [-0.2, -0.15) is 23.5 Å². The number of hydrogen-bond donors (Lipinski definition) is 1. The summed E-state index contributed by atoms with van der Waals surface area (Å²) >= 11 is 0. The molecular weight excluding hydrogens is 515 g/mol. The van der Waals surface area contributed by atoms with Crippen LogP contribution in [0.1, 0.15) is 58.2 Å².